The van der Waals surface area contributed by atoms with Gasteiger partial charge in [-0.05, 0) is 70.1 Å². The van der Waals surface area contributed by atoms with Crippen LogP contribution in [-0.4, -0.2) is 47.8 Å². The summed E-state index contributed by atoms with van der Waals surface area (Å²) in [4.78, 5) is 21.8. The number of aromatic nitrogens is 2. The number of allylic oxidation sites excluding steroid dienone is 1. The number of nitrogens with one attached hydrogen (secondary N) is 1. The van der Waals surface area contributed by atoms with Gasteiger partial charge in [-0.25, -0.2) is 0 Å². The van der Waals surface area contributed by atoms with Crippen molar-refractivity contribution in [2.75, 3.05) is 32.4 Å². The number of hydrogen-bond donors (Lipinski definition) is 1. The van der Waals surface area contributed by atoms with E-state index in [0.29, 0.717) is 6.08 Å². The molecule has 1 N–H and O–H groups in total. The molecule has 41 heavy (non-hydrogen) atoms. The highest BCUT2D eigenvalue weighted by atomic mass is 35.5. The zero-order valence-electron chi connectivity index (χ0n) is 41.4. The molecule has 8 nitrogen and oxygen atoms in total. The van der Waals surface area contributed by atoms with Crippen LogP contribution in [0.1, 0.15) is 56.8 Å². The van der Waals surface area contributed by atoms with E-state index >= 15 is 0 Å². The van der Waals surface area contributed by atoms with Gasteiger partial charge in [-0.2, -0.15) is 5.26 Å². The van der Waals surface area contributed by atoms with Crippen molar-refractivity contribution in [2.45, 2.75) is 26.8 Å². The van der Waals surface area contributed by atoms with Gasteiger partial charge in [0.05, 0.1) is 53.2 Å². The molecule has 0 amide bonds. The maximum atomic E-state index is 13.3. The molecule has 9 heteroatoms. The summed E-state index contributed by atoms with van der Waals surface area (Å²) < 4.78 is 174. The topological polar surface area (TPSA) is 100 Å². The molecule has 0 aliphatic heterocycles. The van der Waals surface area contributed by atoms with Crippen LogP contribution in [0.5, 0.6) is 11.5 Å². The zero-order valence-corrected chi connectivity index (χ0v) is 22.1. The van der Waals surface area contributed by atoms with Gasteiger partial charge in [-0.3, -0.25) is 14.8 Å². The third kappa shape index (κ3) is 7.82. The van der Waals surface area contributed by atoms with Gasteiger partial charge in [-0.1, -0.05) is 23.7 Å². The average molecular weight is 590 g/mol. The number of likely N-dealkylation sites (N-methyl/N-ethyl adjacent to an activating group) is 1. The van der Waals surface area contributed by atoms with Crippen molar-refractivity contribution in [2.24, 2.45) is 0 Å². The van der Waals surface area contributed by atoms with Crippen LogP contribution in [-0.2, 0) is 17.8 Å². The fourth-order valence-corrected chi connectivity index (χ4v) is 3.42. The van der Waals surface area contributed by atoms with Crippen LogP contribution in [0.25, 0.3) is 10.9 Å². The number of ketones is 1. The normalized spacial score (nSPS) is 19.7. The lowest BCUT2D eigenvalue weighted by Crippen LogP contribution is -2.11. The number of nitrogens with zero attached hydrogens (tertiary/aromatic N) is 4. The lowest BCUT2D eigenvalue weighted by Gasteiger charge is -2.16. The van der Waals surface area contributed by atoms with E-state index in [1.54, 1.807) is 6.07 Å². The second kappa shape index (κ2) is 13.8. The number of benzene rings is 2. The van der Waals surface area contributed by atoms with Crippen LogP contribution in [0, 0.1) is 18.3 Å². The third-order valence-corrected chi connectivity index (χ3v) is 5.21. The molecule has 0 aliphatic carbocycles. The van der Waals surface area contributed by atoms with E-state index in [9.17, 15) is 11.4 Å². The molecule has 0 unspecified atom stereocenters. The summed E-state index contributed by atoms with van der Waals surface area (Å²) in [5, 5.41) is 11.2. The molecule has 4 aromatic rings. The lowest BCUT2D eigenvalue weighted by molar-refractivity contribution is -0.114. The number of halogens is 1. The van der Waals surface area contributed by atoms with E-state index in [1.165, 1.54) is 6.92 Å². The Kier molecular flexibility index (Phi) is 4.37. The number of carbonyl (C=O) groups excluding carboxylic acids is 1. The maximum absolute atomic E-state index is 13.3. The molecule has 2 heterocycles. The smallest absolute Gasteiger partial charge is 0.159 e. The molecule has 0 saturated heterocycles. The third-order valence-electron chi connectivity index (χ3n) is 4.94. The van der Waals surface area contributed by atoms with Gasteiger partial charge >= 0.3 is 0 Å². The summed E-state index contributed by atoms with van der Waals surface area (Å²) in [7, 11) is 1.15. The molecule has 0 aliphatic rings. The lowest BCUT2D eigenvalue weighted by atomic mass is 10.0. The number of hydrogen-bond acceptors (Lipinski definition) is 8. The molecule has 0 saturated carbocycles. The first kappa shape index (κ1) is 13.0. The van der Waals surface area contributed by atoms with Gasteiger partial charge < -0.3 is 19.7 Å². The van der Waals surface area contributed by atoms with Crippen molar-refractivity contribution < 1.29 is 41.7 Å². The van der Waals surface area contributed by atoms with Gasteiger partial charge in [0.15, 0.2) is 5.78 Å². The standard InChI is InChI=1S/C32H32ClN5O3/c1-5-40-31-17-29-27(15-22(31)14-26(39)10-7-13-38(3)4)32(23(18-34)19-35-29)37-24-11-12-30(28(33)16-24)41-20-25-9-6-8-21(2)36-25/h6-12,15-17,19H,5,13-14,20H2,1-4H3,(H,35,37)/b10-7+/i1D3,3D3,5D2,6D,7D,8D,9D,11D,12D,15D,16D,17D,19D,20D2. The number of anilines is 2. The van der Waals surface area contributed by atoms with Gasteiger partial charge in [-0.15, -0.1) is 0 Å². The Morgan fingerprint density at radius 1 is 1.29 bits per heavy atom. The predicted octanol–water partition coefficient (Wildman–Crippen LogP) is 6.41. The van der Waals surface area contributed by atoms with Crippen LogP contribution in [0.2, 0.25) is 5.02 Å². The number of aryl methyl sites for hydroxylation is 1. The van der Waals surface area contributed by atoms with Crippen LogP contribution in [0.15, 0.2) is 66.6 Å². The average Bonchev–Trinajstić information content (AvgIpc) is 3.13. The summed E-state index contributed by atoms with van der Waals surface area (Å²) in [5.41, 5.74) is -4.44. The first-order chi connectivity index (χ1) is 27.8. The first-order valence-electron chi connectivity index (χ1n) is 21.5. The van der Waals surface area contributed by atoms with Crippen molar-refractivity contribution in [1.29, 1.82) is 5.26 Å². The van der Waals surface area contributed by atoms with Crippen molar-refractivity contribution in [1.82, 2.24) is 14.9 Å². The van der Waals surface area contributed by atoms with Gasteiger partial charge in [0, 0.05) is 55.7 Å². The maximum Gasteiger partial charge on any atom is 0.159 e. The molecule has 0 radical (unpaired) electrons. The molecular formula is C32H32ClN5O3. The summed E-state index contributed by atoms with van der Waals surface area (Å²) in [6.45, 7) is -12.2. The van der Waals surface area contributed by atoms with Gasteiger partial charge in [0.25, 0.3) is 0 Å². The van der Waals surface area contributed by atoms with Crippen molar-refractivity contribution >= 4 is 39.7 Å². The summed E-state index contributed by atoms with van der Waals surface area (Å²) in [5.74, 6) is -2.98. The predicted molar refractivity (Wildman–Crippen MR) is 162 cm³/mol. The molecule has 0 atom stereocenters. The van der Waals surface area contributed by atoms with Gasteiger partial charge in [0.2, 0.25) is 0 Å². The number of pyridine rings is 2. The Balaban J connectivity index is 1.99. The molecule has 2 aromatic carbocycles. The van der Waals surface area contributed by atoms with Gasteiger partial charge in [0.1, 0.15) is 24.1 Å². The zero-order chi connectivity index (χ0) is 46.6. The Bertz CT molecular complexity index is 2510. The molecule has 2 aromatic heterocycles. The van der Waals surface area contributed by atoms with Crippen LogP contribution >= 0.6 is 11.6 Å². The molecule has 210 valence electrons. The molecule has 4 rings (SSSR count). The fraction of sp³-hybridized carbons (Fsp3) is 0.250. The molecule has 0 bridgehead atoms. The monoisotopic (exact) mass is 589 g/mol. The summed E-state index contributed by atoms with van der Waals surface area (Å²) in [6, 6.07) is -5.63. The number of fused-ring (bicyclic) bond motifs is 1. The Morgan fingerprint density at radius 3 is 2.98 bits per heavy atom. The minimum absolute atomic E-state index is 0.141. The SMILES string of the molecule is [2H]/C(=C\C(=O)Cc1c(OC([2H])([2H])C([2H])([2H])[2H])c([2H])c2nc([2H])c(C#N)c(Nc3c([2H])c([2H])c(OC([2H])([2H])c4nc(C)c([2H])c([2H])c4[2H])c(Cl)c3[2H])c2c1[2H])CN(C)C([2H])([2H])[2H]. The highest BCUT2D eigenvalue weighted by Gasteiger charge is 2.16. The van der Waals surface area contributed by atoms with Crippen LogP contribution in [0.3, 0.4) is 0 Å². The second-order valence-corrected chi connectivity index (χ2v) is 8.44. The fourth-order valence-electron chi connectivity index (χ4n) is 3.24. The van der Waals surface area contributed by atoms with Crippen molar-refractivity contribution in [3.8, 4) is 17.6 Å². The minimum atomic E-state index is -3.58. The summed E-state index contributed by atoms with van der Waals surface area (Å²) in [6.07, 6.45) is -1.27. The van der Waals surface area contributed by atoms with E-state index in [1.807, 2.05) is 0 Å². The Hall–Kier alpha value is -4.45. The number of rotatable bonds is 12. The van der Waals surface area contributed by atoms with E-state index in [0.717, 1.165) is 11.9 Å². The first-order valence-corrected chi connectivity index (χ1v) is 11.8. The summed E-state index contributed by atoms with van der Waals surface area (Å²) >= 11 is 6.41. The minimum Gasteiger partial charge on any atom is -0.494 e. The molecule has 0 spiro atoms. The number of nitriles is 1. The van der Waals surface area contributed by atoms with E-state index in [4.69, 9.17) is 47.1 Å². The van der Waals surface area contributed by atoms with Crippen LogP contribution < -0.4 is 14.8 Å². The van der Waals surface area contributed by atoms with E-state index in [2.05, 4.69) is 15.3 Å². The largest absolute Gasteiger partial charge is 0.494 e. The highest BCUT2D eigenvalue weighted by molar-refractivity contribution is 6.32. The van der Waals surface area contributed by atoms with E-state index < -0.39 is 162 Å². The number of ether oxygens (including phenoxy) is 2. The quantitative estimate of drug-likeness (QED) is 0.189. The number of carbonyl (C=O) groups is 1. The Labute approximate surface area is 273 Å². The second-order valence-electron chi connectivity index (χ2n) is 8.06. The molecule has 0 fully saturated rings. The van der Waals surface area contributed by atoms with Crippen molar-refractivity contribution in [3.05, 3.63) is 94.2 Å². The molecular weight excluding hydrogens is 538 g/mol. The van der Waals surface area contributed by atoms with E-state index in [-0.39, 0.29) is 5.69 Å². The highest BCUT2D eigenvalue weighted by Crippen LogP contribution is 2.36. The van der Waals surface area contributed by atoms with Crippen LogP contribution in [0.4, 0.5) is 11.4 Å². The Morgan fingerprint density at radius 2 is 2.17 bits per heavy atom. The van der Waals surface area contributed by atoms with Crippen molar-refractivity contribution in [3.63, 3.8) is 0 Å².